The summed E-state index contributed by atoms with van der Waals surface area (Å²) in [5, 5.41) is 21.7. The molecule has 0 unspecified atom stereocenters. The van der Waals surface area contributed by atoms with Crippen molar-refractivity contribution >= 4 is 22.9 Å². The van der Waals surface area contributed by atoms with Crippen molar-refractivity contribution in [3.63, 3.8) is 0 Å². The van der Waals surface area contributed by atoms with E-state index in [-0.39, 0.29) is 5.69 Å². The molecule has 0 saturated carbocycles. The smallest absolute Gasteiger partial charge is 0.279 e. The minimum Gasteiger partial charge on any atom is -0.431 e. The summed E-state index contributed by atoms with van der Waals surface area (Å²) in [6.45, 7) is 0. The lowest BCUT2D eigenvalue weighted by Gasteiger charge is -2.00. The van der Waals surface area contributed by atoms with Crippen molar-refractivity contribution in [2.75, 3.05) is 0 Å². The lowest BCUT2D eigenvalue weighted by molar-refractivity contribution is 0.479. The lowest BCUT2D eigenvalue weighted by Crippen LogP contribution is -1.85. The van der Waals surface area contributed by atoms with Crippen LogP contribution in [0.2, 0.25) is 5.02 Å². The van der Waals surface area contributed by atoms with Crippen molar-refractivity contribution < 1.29 is 4.74 Å². The molecule has 8 heteroatoms. The van der Waals surface area contributed by atoms with Gasteiger partial charge < -0.3 is 4.74 Å². The lowest BCUT2D eigenvalue weighted by atomic mass is 10.3. The van der Waals surface area contributed by atoms with Gasteiger partial charge in [-0.05, 0) is 24.3 Å². The van der Waals surface area contributed by atoms with Gasteiger partial charge in [-0.2, -0.15) is 5.26 Å². The van der Waals surface area contributed by atoms with Gasteiger partial charge in [0.15, 0.2) is 5.69 Å². The SMILES string of the molecule is N#Cc1[nH]nnc1-c1csc(Oc2ccc(Cl)cc2)n1. The predicted octanol–water partition coefficient (Wildman–Crippen LogP) is 3.25. The van der Waals surface area contributed by atoms with Crippen LogP contribution < -0.4 is 4.74 Å². The fourth-order valence-corrected chi connectivity index (χ4v) is 2.30. The van der Waals surface area contributed by atoms with E-state index in [9.17, 15) is 0 Å². The van der Waals surface area contributed by atoms with Gasteiger partial charge in [0, 0.05) is 10.4 Å². The molecule has 20 heavy (non-hydrogen) atoms. The van der Waals surface area contributed by atoms with Crippen LogP contribution in [-0.2, 0) is 0 Å². The summed E-state index contributed by atoms with van der Waals surface area (Å²) < 4.78 is 5.59. The molecule has 3 rings (SSSR count). The zero-order valence-electron chi connectivity index (χ0n) is 9.87. The Kier molecular flexibility index (Phi) is 3.33. The normalized spacial score (nSPS) is 10.2. The Bertz CT molecular complexity index is 774. The first-order chi connectivity index (χ1) is 9.76. The van der Waals surface area contributed by atoms with Crippen LogP contribution in [0.15, 0.2) is 29.6 Å². The molecule has 1 aromatic carbocycles. The Morgan fingerprint density at radius 2 is 2.10 bits per heavy atom. The van der Waals surface area contributed by atoms with E-state index in [4.69, 9.17) is 21.6 Å². The average Bonchev–Trinajstić information content (AvgIpc) is 3.09. The summed E-state index contributed by atoms with van der Waals surface area (Å²) in [7, 11) is 0. The maximum absolute atomic E-state index is 8.91. The molecule has 0 amide bonds. The molecular formula is C12H6ClN5OS. The second kappa shape index (κ2) is 5.28. The van der Waals surface area contributed by atoms with Gasteiger partial charge in [0.2, 0.25) is 0 Å². The number of hydrogen-bond acceptors (Lipinski definition) is 6. The maximum Gasteiger partial charge on any atom is 0.279 e. The molecule has 98 valence electrons. The van der Waals surface area contributed by atoms with Crippen molar-refractivity contribution in [3.8, 4) is 28.4 Å². The molecule has 2 aromatic heterocycles. The molecule has 0 atom stereocenters. The van der Waals surface area contributed by atoms with Crippen LogP contribution in [-0.4, -0.2) is 20.4 Å². The van der Waals surface area contributed by atoms with Crippen LogP contribution in [0.25, 0.3) is 11.4 Å². The van der Waals surface area contributed by atoms with E-state index < -0.39 is 0 Å². The summed E-state index contributed by atoms with van der Waals surface area (Å²) in [5.41, 5.74) is 1.23. The number of nitriles is 1. The van der Waals surface area contributed by atoms with Crippen LogP contribution in [0.5, 0.6) is 10.9 Å². The summed E-state index contributed by atoms with van der Waals surface area (Å²) >= 11 is 7.11. The monoisotopic (exact) mass is 303 g/mol. The fourth-order valence-electron chi connectivity index (χ4n) is 1.50. The molecule has 0 radical (unpaired) electrons. The van der Waals surface area contributed by atoms with E-state index in [2.05, 4.69) is 20.4 Å². The molecule has 0 fully saturated rings. The van der Waals surface area contributed by atoms with Gasteiger partial charge in [0.1, 0.15) is 23.2 Å². The van der Waals surface area contributed by atoms with Crippen LogP contribution >= 0.6 is 22.9 Å². The number of nitrogens with zero attached hydrogens (tertiary/aromatic N) is 4. The van der Waals surface area contributed by atoms with Crippen LogP contribution in [0.1, 0.15) is 5.69 Å². The van der Waals surface area contributed by atoms with Crippen molar-refractivity contribution in [2.45, 2.75) is 0 Å². The summed E-state index contributed by atoms with van der Waals surface area (Å²) in [4.78, 5) is 4.27. The third kappa shape index (κ3) is 2.47. The van der Waals surface area contributed by atoms with Gasteiger partial charge in [-0.1, -0.05) is 28.2 Å². The second-order valence-corrected chi connectivity index (χ2v) is 4.96. The van der Waals surface area contributed by atoms with Crippen molar-refractivity contribution in [1.82, 2.24) is 20.4 Å². The zero-order valence-corrected chi connectivity index (χ0v) is 11.4. The number of thiazole rings is 1. The van der Waals surface area contributed by atoms with Crippen molar-refractivity contribution in [3.05, 3.63) is 40.4 Å². The maximum atomic E-state index is 8.91. The standard InChI is InChI=1S/C12H6ClN5OS/c13-7-1-3-8(4-2-7)19-12-15-10(6-20-12)11-9(5-14)16-18-17-11/h1-4,6H,(H,16,17,18). The van der Waals surface area contributed by atoms with Gasteiger partial charge in [-0.15, -0.1) is 5.10 Å². The molecule has 2 heterocycles. The minimum atomic E-state index is 0.272. The van der Waals surface area contributed by atoms with Crippen molar-refractivity contribution in [1.29, 1.82) is 5.26 Å². The Labute approximate surface area is 122 Å². The zero-order chi connectivity index (χ0) is 13.9. The van der Waals surface area contributed by atoms with Gasteiger partial charge in [0.05, 0.1) is 0 Å². The van der Waals surface area contributed by atoms with E-state index in [0.717, 1.165) is 0 Å². The van der Waals surface area contributed by atoms with Gasteiger partial charge in [-0.3, -0.25) is 0 Å². The highest BCUT2D eigenvalue weighted by molar-refractivity contribution is 7.11. The number of benzene rings is 1. The molecule has 0 aliphatic heterocycles. The Morgan fingerprint density at radius 1 is 1.30 bits per heavy atom. The average molecular weight is 304 g/mol. The number of rotatable bonds is 3. The van der Waals surface area contributed by atoms with Gasteiger partial charge in [-0.25, -0.2) is 10.1 Å². The highest BCUT2D eigenvalue weighted by Crippen LogP contribution is 2.30. The predicted molar refractivity (Wildman–Crippen MR) is 73.7 cm³/mol. The largest absolute Gasteiger partial charge is 0.431 e. The number of halogens is 1. The van der Waals surface area contributed by atoms with Gasteiger partial charge in [0.25, 0.3) is 5.19 Å². The van der Waals surface area contributed by atoms with E-state index >= 15 is 0 Å². The van der Waals surface area contributed by atoms with Crippen LogP contribution in [0, 0.1) is 11.3 Å². The van der Waals surface area contributed by atoms with Gasteiger partial charge >= 0.3 is 0 Å². The Balaban J connectivity index is 1.84. The number of nitrogens with one attached hydrogen (secondary N) is 1. The van der Waals surface area contributed by atoms with E-state index in [0.29, 0.717) is 27.4 Å². The fraction of sp³-hybridized carbons (Fsp3) is 0. The number of hydrogen-bond donors (Lipinski definition) is 1. The molecule has 6 nitrogen and oxygen atoms in total. The number of aromatic nitrogens is 4. The summed E-state index contributed by atoms with van der Waals surface area (Å²) in [6.07, 6.45) is 0. The first kappa shape index (κ1) is 12.6. The Hall–Kier alpha value is -2.43. The molecule has 3 aromatic rings. The topological polar surface area (TPSA) is 87.5 Å². The summed E-state index contributed by atoms with van der Waals surface area (Å²) in [5.74, 6) is 0.635. The molecule has 0 aliphatic carbocycles. The molecule has 0 saturated heterocycles. The first-order valence-corrected chi connectivity index (χ1v) is 6.72. The number of aromatic amines is 1. The third-order valence-corrected chi connectivity index (χ3v) is 3.37. The highest BCUT2D eigenvalue weighted by Gasteiger charge is 2.13. The van der Waals surface area contributed by atoms with E-state index in [1.54, 1.807) is 29.6 Å². The van der Waals surface area contributed by atoms with Crippen LogP contribution in [0.4, 0.5) is 0 Å². The molecular weight excluding hydrogens is 298 g/mol. The quantitative estimate of drug-likeness (QED) is 0.802. The molecule has 1 N–H and O–H groups in total. The minimum absolute atomic E-state index is 0.272. The molecule has 0 bridgehead atoms. The van der Waals surface area contributed by atoms with E-state index in [1.807, 2.05) is 6.07 Å². The molecule has 0 spiro atoms. The highest BCUT2D eigenvalue weighted by atomic mass is 35.5. The van der Waals surface area contributed by atoms with E-state index in [1.165, 1.54) is 11.3 Å². The number of ether oxygens (including phenoxy) is 1. The van der Waals surface area contributed by atoms with Crippen molar-refractivity contribution in [2.24, 2.45) is 0 Å². The number of H-pyrrole nitrogens is 1. The first-order valence-electron chi connectivity index (χ1n) is 5.47. The Morgan fingerprint density at radius 3 is 2.85 bits per heavy atom. The summed E-state index contributed by atoms with van der Waals surface area (Å²) in [6, 6.07) is 8.93. The third-order valence-electron chi connectivity index (χ3n) is 2.40. The molecule has 0 aliphatic rings. The van der Waals surface area contributed by atoms with Crippen LogP contribution in [0.3, 0.4) is 0 Å². The second-order valence-electron chi connectivity index (χ2n) is 3.70.